The van der Waals surface area contributed by atoms with Crippen LogP contribution >= 0.6 is 0 Å². The number of aliphatic hydroxyl groups is 1. The summed E-state index contributed by atoms with van der Waals surface area (Å²) < 4.78 is 0. The van der Waals surface area contributed by atoms with Gasteiger partial charge in [0.25, 0.3) is 0 Å². The van der Waals surface area contributed by atoms with E-state index < -0.39 is 0 Å². The monoisotopic (exact) mass is 250 g/mol. The summed E-state index contributed by atoms with van der Waals surface area (Å²) in [4.78, 5) is 6.42. The average Bonchev–Trinajstić information content (AvgIpc) is 2.46. The van der Waals surface area contributed by atoms with E-state index in [1.165, 1.54) is 0 Å². The molecule has 0 aliphatic carbocycles. The van der Waals surface area contributed by atoms with Gasteiger partial charge in [0, 0.05) is 25.9 Å². The van der Waals surface area contributed by atoms with Crippen molar-refractivity contribution in [3.63, 3.8) is 0 Å². The molecule has 4 N–H and O–H groups in total. The summed E-state index contributed by atoms with van der Waals surface area (Å²) in [5, 5.41) is 20.9. The zero-order chi connectivity index (χ0) is 13.0. The molecule has 0 amide bonds. The smallest absolute Gasteiger partial charge is 0.173 e. The van der Waals surface area contributed by atoms with Gasteiger partial charge in [-0.1, -0.05) is 5.16 Å². The highest BCUT2D eigenvalue weighted by molar-refractivity contribution is 6.01. The first kappa shape index (κ1) is 12.6. The predicted molar refractivity (Wildman–Crippen MR) is 68.8 cm³/mol. The second kappa shape index (κ2) is 5.68. The summed E-state index contributed by atoms with van der Waals surface area (Å²) >= 11 is 0. The molecule has 1 aromatic heterocycles. The lowest BCUT2D eigenvalue weighted by atomic mass is 9.97. The summed E-state index contributed by atoms with van der Waals surface area (Å²) in [6, 6.07) is 3.55. The number of piperidine rings is 1. The highest BCUT2D eigenvalue weighted by atomic mass is 16.4. The molecule has 1 aromatic rings. The van der Waals surface area contributed by atoms with E-state index in [-0.39, 0.29) is 12.4 Å². The van der Waals surface area contributed by atoms with Crippen LogP contribution in [0.5, 0.6) is 0 Å². The fourth-order valence-corrected chi connectivity index (χ4v) is 2.23. The van der Waals surface area contributed by atoms with Crippen molar-refractivity contribution in [1.29, 1.82) is 0 Å². The van der Waals surface area contributed by atoms with Gasteiger partial charge in [-0.3, -0.25) is 0 Å². The Bertz CT molecular complexity index is 428. The molecule has 0 bridgehead atoms. The zero-order valence-electron chi connectivity index (χ0n) is 10.2. The first-order valence-electron chi connectivity index (χ1n) is 6.05. The zero-order valence-corrected chi connectivity index (χ0v) is 10.2. The molecule has 2 heterocycles. The molecule has 1 aliphatic rings. The topological polar surface area (TPSA) is 95.0 Å². The number of hydrogen-bond donors (Lipinski definition) is 3. The van der Waals surface area contributed by atoms with Crippen molar-refractivity contribution in [2.75, 3.05) is 24.6 Å². The number of pyridine rings is 1. The lowest BCUT2D eigenvalue weighted by Crippen LogP contribution is -2.36. The van der Waals surface area contributed by atoms with Crippen LogP contribution in [-0.2, 0) is 0 Å². The number of nitrogens with zero attached hydrogens (tertiary/aromatic N) is 3. The molecule has 0 unspecified atom stereocenters. The standard InChI is InChI=1S/C12H18N4O2/c13-11(15-18)10-2-1-5-14-12(10)16-6-3-9(8-17)4-7-16/h1-2,5,9,17-18H,3-4,6-8H2,(H2,13,15). The maximum absolute atomic E-state index is 9.12. The van der Waals surface area contributed by atoms with E-state index in [4.69, 9.17) is 16.0 Å². The first-order chi connectivity index (χ1) is 8.76. The third-order valence-electron chi connectivity index (χ3n) is 3.34. The Labute approximate surface area is 106 Å². The van der Waals surface area contributed by atoms with E-state index >= 15 is 0 Å². The number of oxime groups is 1. The Morgan fingerprint density at radius 3 is 2.83 bits per heavy atom. The Morgan fingerprint density at radius 2 is 2.22 bits per heavy atom. The summed E-state index contributed by atoms with van der Waals surface area (Å²) in [5.41, 5.74) is 6.29. The largest absolute Gasteiger partial charge is 0.409 e. The molecule has 18 heavy (non-hydrogen) atoms. The number of rotatable bonds is 3. The first-order valence-corrected chi connectivity index (χ1v) is 6.05. The molecular weight excluding hydrogens is 232 g/mol. The summed E-state index contributed by atoms with van der Waals surface area (Å²) in [6.45, 7) is 1.89. The van der Waals surface area contributed by atoms with Crippen LogP contribution < -0.4 is 10.6 Å². The van der Waals surface area contributed by atoms with Gasteiger partial charge in [0.1, 0.15) is 5.82 Å². The van der Waals surface area contributed by atoms with Crippen LogP contribution in [0.2, 0.25) is 0 Å². The molecule has 1 aliphatic heterocycles. The molecule has 98 valence electrons. The number of nitrogens with two attached hydrogens (primary N) is 1. The van der Waals surface area contributed by atoms with Crippen molar-refractivity contribution in [2.45, 2.75) is 12.8 Å². The molecule has 0 aromatic carbocycles. The van der Waals surface area contributed by atoms with Crippen LogP contribution in [0.25, 0.3) is 0 Å². The number of aromatic nitrogens is 1. The SMILES string of the molecule is N/C(=N\O)c1cccnc1N1CCC(CO)CC1. The van der Waals surface area contributed by atoms with Gasteiger partial charge in [0.05, 0.1) is 5.56 Å². The Hall–Kier alpha value is -1.82. The third kappa shape index (κ3) is 2.53. The third-order valence-corrected chi connectivity index (χ3v) is 3.34. The van der Waals surface area contributed by atoms with Gasteiger partial charge in [-0.05, 0) is 30.9 Å². The van der Waals surface area contributed by atoms with Crippen molar-refractivity contribution < 1.29 is 10.3 Å². The van der Waals surface area contributed by atoms with Crippen molar-refractivity contribution >= 4 is 11.7 Å². The summed E-state index contributed by atoms with van der Waals surface area (Å²) in [7, 11) is 0. The quantitative estimate of drug-likeness (QED) is 0.312. The van der Waals surface area contributed by atoms with Crippen LogP contribution in [0, 0.1) is 5.92 Å². The van der Waals surface area contributed by atoms with Crippen LogP contribution in [0.1, 0.15) is 18.4 Å². The van der Waals surface area contributed by atoms with E-state index in [0.717, 1.165) is 31.7 Å². The van der Waals surface area contributed by atoms with E-state index in [1.807, 2.05) is 0 Å². The van der Waals surface area contributed by atoms with Crippen molar-refractivity contribution in [3.05, 3.63) is 23.9 Å². The van der Waals surface area contributed by atoms with Gasteiger partial charge >= 0.3 is 0 Å². The van der Waals surface area contributed by atoms with Crippen LogP contribution in [-0.4, -0.2) is 40.8 Å². The minimum atomic E-state index is 0.0716. The fourth-order valence-electron chi connectivity index (χ4n) is 2.23. The predicted octanol–water partition coefficient (Wildman–Crippen LogP) is 0.385. The van der Waals surface area contributed by atoms with E-state index in [0.29, 0.717) is 11.5 Å². The number of amidine groups is 1. The van der Waals surface area contributed by atoms with E-state index in [1.54, 1.807) is 18.3 Å². The average molecular weight is 250 g/mol. The number of hydrogen-bond acceptors (Lipinski definition) is 5. The lowest BCUT2D eigenvalue weighted by Gasteiger charge is -2.32. The highest BCUT2D eigenvalue weighted by Gasteiger charge is 2.22. The molecule has 1 saturated heterocycles. The Morgan fingerprint density at radius 1 is 1.50 bits per heavy atom. The number of anilines is 1. The van der Waals surface area contributed by atoms with Gasteiger partial charge in [-0.2, -0.15) is 0 Å². The maximum atomic E-state index is 9.12. The second-order valence-corrected chi connectivity index (χ2v) is 4.47. The molecule has 0 saturated carbocycles. The van der Waals surface area contributed by atoms with Crippen LogP contribution in [0.3, 0.4) is 0 Å². The van der Waals surface area contributed by atoms with Crippen molar-refractivity contribution in [3.8, 4) is 0 Å². The molecule has 2 rings (SSSR count). The van der Waals surface area contributed by atoms with Gasteiger partial charge in [-0.15, -0.1) is 0 Å². The Balaban J connectivity index is 2.19. The lowest BCUT2D eigenvalue weighted by molar-refractivity contribution is 0.203. The molecule has 0 radical (unpaired) electrons. The molecule has 6 heteroatoms. The highest BCUT2D eigenvalue weighted by Crippen LogP contribution is 2.24. The van der Waals surface area contributed by atoms with Crippen LogP contribution in [0.4, 0.5) is 5.82 Å². The molecule has 0 atom stereocenters. The molecule has 0 spiro atoms. The Kier molecular flexibility index (Phi) is 3.99. The summed E-state index contributed by atoms with van der Waals surface area (Å²) in [6.07, 6.45) is 3.56. The van der Waals surface area contributed by atoms with E-state index in [2.05, 4.69) is 15.0 Å². The second-order valence-electron chi connectivity index (χ2n) is 4.47. The van der Waals surface area contributed by atoms with Crippen LogP contribution in [0.15, 0.2) is 23.5 Å². The normalized spacial score (nSPS) is 18.1. The van der Waals surface area contributed by atoms with Crippen molar-refractivity contribution in [1.82, 2.24) is 4.98 Å². The molecule has 1 fully saturated rings. The minimum Gasteiger partial charge on any atom is -0.409 e. The van der Waals surface area contributed by atoms with Gasteiger partial charge < -0.3 is 20.9 Å². The van der Waals surface area contributed by atoms with Gasteiger partial charge in [0.15, 0.2) is 5.84 Å². The summed E-state index contributed by atoms with van der Waals surface area (Å²) in [5.74, 6) is 1.18. The fraction of sp³-hybridized carbons (Fsp3) is 0.500. The molecule has 6 nitrogen and oxygen atoms in total. The van der Waals surface area contributed by atoms with Gasteiger partial charge in [-0.25, -0.2) is 4.98 Å². The van der Waals surface area contributed by atoms with Gasteiger partial charge in [0.2, 0.25) is 0 Å². The van der Waals surface area contributed by atoms with Crippen molar-refractivity contribution in [2.24, 2.45) is 16.8 Å². The minimum absolute atomic E-state index is 0.0716. The molecular formula is C12H18N4O2. The number of aliphatic hydroxyl groups excluding tert-OH is 1. The van der Waals surface area contributed by atoms with E-state index in [9.17, 15) is 0 Å². The maximum Gasteiger partial charge on any atom is 0.173 e.